The molecule has 3 heterocycles. The van der Waals surface area contributed by atoms with Crippen LogP contribution in [0.15, 0.2) is 59.1 Å². The molecule has 1 fully saturated rings. The fourth-order valence-electron chi connectivity index (χ4n) is 3.45. The maximum Gasteiger partial charge on any atom is 0.290 e. The molecule has 0 unspecified atom stereocenters. The van der Waals surface area contributed by atoms with E-state index < -0.39 is 4.92 Å². The maximum absolute atomic E-state index is 13.0. The predicted octanol–water partition coefficient (Wildman–Crippen LogP) is 4.88. The van der Waals surface area contributed by atoms with Crippen molar-refractivity contribution in [1.29, 1.82) is 0 Å². The first-order chi connectivity index (χ1) is 13.5. The third-order valence-electron chi connectivity index (χ3n) is 4.79. The Morgan fingerprint density at radius 1 is 1.25 bits per heavy atom. The molecule has 142 valence electrons. The Balaban J connectivity index is 1.59. The van der Waals surface area contributed by atoms with E-state index in [1.165, 1.54) is 18.2 Å². The highest BCUT2D eigenvalue weighted by Gasteiger charge is 2.33. The summed E-state index contributed by atoms with van der Waals surface area (Å²) in [5.74, 6) is 0.376. The number of carbonyl (C=O) groups excluding carboxylic acids is 1. The second-order valence-electron chi connectivity index (χ2n) is 6.50. The molecule has 1 saturated heterocycles. The molecule has 1 atom stereocenters. The molecule has 3 aromatic rings. The van der Waals surface area contributed by atoms with Crippen molar-refractivity contribution in [2.75, 3.05) is 6.54 Å². The van der Waals surface area contributed by atoms with Gasteiger partial charge in [0.15, 0.2) is 5.76 Å². The number of nitrogens with zero attached hydrogens (tertiary/aromatic N) is 3. The van der Waals surface area contributed by atoms with Gasteiger partial charge in [0.2, 0.25) is 0 Å². The first-order valence-corrected chi connectivity index (χ1v) is 9.18. The number of rotatable bonds is 4. The van der Waals surface area contributed by atoms with Crippen LogP contribution in [0.2, 0.25) is 5.02 Å². The molecule has 0 spiro atoms. The van der Waals surface area contributed by atoms with Crippen molar-refractivity contribution in [1.82, 2.24) is 9.88 Å². The number of nitro groups is 1. The van der Waals surface area contributed by atoms with Crippen LogP contribution >= 0.6 is 11.6 Å². The Morgan fingerprint density at radius 2 is 2.11 bits per heavy atom. The molecule has 1 aliphatic rings. The molecule has 7 nitrogen and oxygen atoms in total. The summed E-state index contributed by atoms with van der Waals surface area (Å²) < 4.78 is 5.74. The SMILES string of the molecule is O=C(c1ccc(-c2ccc([N+](=O)[O-])cc2Cl)o1)N1CCC[C@H]1c1ccccn1. The zero-order valence-corrected chi connectivity index (χ0v) is 15.5. The van der Waals surface area contributed by atoms with Gasteiger partial charge in [0.1, 0.15) is 5.76 Å². The average Bonchev–Trinajstić information content (AvgIpc) is 3.38. The van der Waals surface area contributed by atoms with Crippen molar-refractivity contribution >= 4 is 23.2 Å². The molecule has 0 radical (unpaired) electrons. The minimum absolute atomic E-state index is 0.0785. The molecule has 0 N–H and O–H groups in total. The third-order valence-corrected chi connectivity index (χ3v) is 5.10. The molecule has 0 saturated carbocycles. The van der Waals surface area contributed by atoms with Crippen LogP contribution in [0.3, 0.4) is 0 Å². The Bertz CT molecular complexity index is 1030. The van der Waals surface area contributed by atoms with Gasteiger partial charge in [0.25, 0.3) is 11.6 Å². The van der Waals surface area contributed by atoms with Crippen LogP contribution in [0.25, 0.3) is 11.3 Å². The molecular weight excluding hydrogens is 382 g/mol. The Hall–Kier alpha value is -3.19. The minimum atomic E-state index is -0.516. The summed E-state index contributed by atoms with van der Waals surface area (Å²) in [6.45, 7) is 0.633. The zero-order chi connectivity index (χ0) is 19.7. The first-order valence-electron chi connectivity index (χ1n) is 8.80. The topological polar surface area (TPSA) is 89.5 Å². The summed E-state index contributed by atoms with van der Waals surface area (Å²) in [4.78, 5) is 29.5. The summed E-state index contributed by atoms with van der Waals surface area (Å²) >= 11 is 6.16. The summed E-state index contributed by atoms with van der Waals surface area (Å²) in [5.41, 5.74) is 1.25. The number of hydrogen-bond donors (Lipinski definition) is 0. The van der Waals surface area contributed by atoms with Gasteiger partial charge in [-0.25, -0.2) is 0 Å². The molecule has 8 heteroatoms. The number of pyridine rings is 1. The van der Waals surface area contributed by atoms with Gasteiger partial charge in [-0.2, -0.15) is 0 Å². The van der Waals surface area contributed by atoms with Crippen LogP contribution < -0.4 is 0 Å². The lowest BCUT2D eigenvalue weighted by Crippen LogP contribution is -2.30. The van der Waals surface area contributed by atoms with Crippen molar-refractivity contribution in [3.8, 4) is 11.3 Å². The van der Waals surface area contributed by atoms with Gasteiger partial charge in [-0.15, -0.1) is 0 Å². The van der Waals surface area contributed by atoms with E-state index in [0.29, 0.717) is 17.9 Å². The molecule has 1 aliphatic heterocycles. The number of likely N-dealkylation sites (tertiary alicyclic amines) is 1. The highest BCUT2D eigenvalue weighted by atomic mass is 35.5. The number of amides is 1. The van der Waals surface area contributed by atoms with Crippen molar-refractivity contribution in [2.24, 2.45) is 0 Å². The smallest absolute Gasteiger partial charge is 0.290 e. The van der Waals surface area contributed by atoms with E-state index in [4.69, 9.17) is 16.0 Å². The van der Waals surface area contributed by atoms with E-state index in [0.717, 1.165) is 18.5 Å². The highest BCUT2D eigenvalue weighted by molar-refractivity contribution is 6.33. The van der Waals surface area contributed by atoms with Crippen molar-refractivity contribution in [3.05, 3.63) is 81.3 Å². The number of hydrogen-bond acceptors (Lipinski definition) is 5. The Kier molecular flexibility index (Phi) is 4.83. The number of nitro benzene ring substituents is 1. The van der Waals surface area contributed by atoms with Gasteiger partial charge in [-0.05, 0) is 43.2 Å². The predicted molar refractivity (Wildman–Crippen MR) is 103 cm³/mol. The van der Waals surface area contributed by atoms with Crippen molar-refractivity contribution in [2.45, 2.75) is 18.9 Å². The number of non-ortho nitro benzene ring substituents is 1. The second-order valence-corrected chi connectivity index (χ2v) is 6.90. The molecule has 28 heavy (non-hydrogen) atoms. The molecule has 4 rings (SSSR count). The van der Waals surface area contributed by atoms with Crippen molar-refractivity contribution in [3.63, 3.8) is 0 Å². The van der Waals surface area contributed by atoms with E-state index in [1.807, 2.05) is 18.2 Å². The fourth-order valence-corrected chi connectivity index (χ4v) is 3.71. The lowest BCUT2D eigenvalue weighted by atomic mass is 10.1. The quantitative estimate of drug-likeness (QED) is 0.462. The van der Waals surface area contributed by atoms with Crippen LogP contribution in [0, 0.1) is 10.1 Å². The number of halogens is 1. The van der Waals surface area contributed by atoms with Gasteiger partial charge < -0.3 is 9.32 Å². The normalized spacial score (nSPS) is 16.3. The Labute approximate surface area is 165 Å². The van der Waals surface area contributed by atoms with E-state index >= 15 is 0 Å². The van der Waals surface area contributed by atoms with E-state index in [-0.39, 0.29) is 28.4 Å². The molecule has 1 amide bonds. The second kappa shape index (κ2) is 7.44. The van der Waals surface area contributed by atoms with E-state index in [1.54, 1.807) is 23.2 Å². The number of benzene rings is 1. The fraction of sp³-hybridized carbons (Fsp3) is 0.200. The lowest BCUT2D eigenvalue weighted by Gasteiger charge is -2.23. The first kappa shape index (κ1) is 18.2. The minimum Gasteiger partial charge on any atom is -0.451 e. The van der Waals surface area contributed by atoms with Crippen LogP contribution in [-0.2, 0) is 0 Å². The summed E-state index contributed by atoms with van der Waals surface area (Å²) in [6.07, 6.45) is 3.47. The standard InChI is InChI=1S/C20H16ClN3O4/c21-15-12-13(24(26)27)6-7-14(15)18-8-9-19(28-18)20(25)23-11-3-5-17(23)16-4-1-2-10-22-16/h1-2,4,6-10,12,17H,3,5,11H2/t17-/m0/s1. The van der Waals surface area contributed by atoms with Gasteiger partial charge in [-0.3, -0.25) is 19.9 Å². The highest BCUT2D eigenvalue weighted by Crippen LogP contribution is 2.35. The monoisotopic (exact) mass is 397 g/mol. The molecular formula is C20H16ClN3O4. The van der Waals surface area contributed by atoms with Gasteiger partial charge in [0.05, 0.1) is 21.7 Å². The number of aromatic nitrogens is 1. The van der Waals surface area contributed by atoms with Crippen LogP contribution in [0.1, 0.15) is 35.1 Å². The van der Waals surface area contributed by atoms with Crippen LogP contribution in [0.4, 0.5) is 5.69 Å². The average molecular weight is 398 g/mol. The summed E-state index contributed by atoms with van der Waals surface area (Å²) in [6, 6.07) is 13.0. The van der Waals surface area contributed by atoms with Crippen LogP contribution in [0.5, 0.6) is 0 Å². The van der Waals surface area contributed by atoms with E-state index in [9.17, 15) is 14.9 Å². The lowest BCUT2D eigenvalue weighted by molar-refractivity contribution is -0.384. The molecule has 0 bridgehead atoms. The van der Waals surface area contributed by atoms with Gasteiger partial charge in [-0.1, -0.05) is 17.7 Å². The van der Waals surface area contributed by atoms with Crippen molar-refractivity contribution < 1.29 is 14.1 Å². The molecule has 0 aliphatic carbocycles. The zero-order valence-electron chi connectivity index (χ0n) is 14.7. The van der Waals surface area contributed by atoms with E-state index in [2.05, 4.69) is 4.98 Å². The summed E-state index contributed by atoms with van der Waals surface area (Å²) in [5, 5.41) is 11.0. The molecule has 2 aromatic heterocycles. The van der Waals surface area contributed by atoms with Crippen LogP contribution in [-0.4, -0.2) is 27.3 Å². The molecule has 1 aromatic carbocycles. The van der Waals surface area contributed by atoms with Gasteiger partial charge in [0, 0.05) is 30.4 Å². The van der Waals surface area contributed by atoms with Gasteiger partial charge >= 0.3 is 0 Å². The summed E-state index contributed by atoms with van der Waals surface area (Å²) in [7, 11) is 0. The Morgan fingerprint density at radius 3 is 2.82 bits per heavy atom. The largest absolute Gasteiger partial charge is 0.451 e. The third kappa shape index (κ3) is 3.36. The number of furan rings is 1. The number of carbonyl (C=O) groups is 1. The maximum atomic E-state index is 13.0.